The Morgan fingerprint density at radius 2 is 1.82 bits per heavy atom. The van der Waals surface area contributed by atoms with Crippen molar-refractivity contribution in [1.29, 1.82) is 0 Å². The van der Waals surface area contributed by atoms with Gasteiger partial charge >= 0.3 is 0 Å². The summed E-state index contributed by atoms with van der Waals surface area (Å²) in [6.45, 7) is 4.54. The smallest absolute Gasteiger partial charge is 0.253 e. The number of hydrogen-bond donors (Lipinski definition) is 2. The Labute approximate surface area is 163 Å². The molecule has 7 heteroatoms. The molecule has 0 aliphatic carbocycles. The minimum atomic E-state index is -0.197. The highest BCUT2D eigenvalue weighted by Crippen LogP contribution is 2.19. The number of carbonyl (C=O) groups is 2. The van der Waals surface area contributed by atoms with Crippen molar-refractivity contribution < 1.29 is 9.59 Å². The summed E-state index contributed by atoms with van der Waals surface area (Å²) in [7, 11) is 0. The van der Waals surface area contributed by atoms with Crippen molar-refractivity contribution in [2.45, 2.75) is 26.8 Å². The highest BCUT2D eigenvalue weighted by atomic mass is 16.2. The van der Waals surface area contributed by atoms with E-state index in [9.17, 15) is 9.59 Å². The van der Waals surface area contributed by atoms with Crippen molar-refractivity contribution in [1.82, 2.24) is 25.2 Å². The van der Waals surface area contributed by atoms with E-state index in [1.54, 1.807) is 18.6 Å². The summed E-state index contributed by atoms with van der Waals surface area (Å²) in [6, 6.07) is 11.2. The summed E-state index contributed by atoms with van der Waals surface area (Å²) >= 11 is 0. The maximum absolute atomic E-state index is 12.5. The molecule has 0 spiro atoms. The molecule has 3 heterocycles. The van der Waals surface area contributed by atoms with Gasteiger partial charge in [-0.15, -0.1) is 0 Å². The topological polar surface area (TPSA) is 88.9 Å². The van der Waals surface area contributed by atoms with Crippen LogP contribution in [0.1, 0.15) is 33.7 Å². The van der Waals surface area contributed by atoms with Gasteiger partial charge in [-0.2, -0.15) is 0 Å². The second-order valence-electron chi connectivity index (χ2n) is 6.45. The number of aryl methyl sites for hydroxylation is 1. The molecule has 28 heavy (non-hydrogen) atoms. The molecule has 0 saturated carbocycles. The van der Waals surface area contributed by atoms with Crippen LogP contribution in [0.4, 0.5) is 0 Å². The average Bonchev–Trinajstić information content (AvgIpc) is 3.02. The predicted octanol–water partition coefficient (Wildman–Crippen LogP) is 2.32. The van der Waals surface area contributed by atoms with Gasteiger partial charge in [-0.3, -0.25) is 14.6 Å². The molecule has 3 rings (SSSR count). The molecule has 7 nitrogen and oxygen atoms in total. The first-order valence-electron chi connectivity index (χ1n) is 9.10. The number of carbonyl (C=O) groups excluding carboxylic acids is 2. The first-order chi connectivity index (χ1) is 13.6. The van der Waals surface area contributed by atoms with Crippen LogP contribution in [-0.2, 0) is 11.3 Å². The maximum atomic E-state index is 12.5. The Hall–Kier alpha value is -3.48. The van der Waals surface area contributed by atoms with E-state index in [1.165, 1.54) is 0 Å². The predicted molar refractivity (Wildman–Crippen MR) is 106 cm³/mol. The number of nitrogens with one attached hydrogen (secondary N) is 2. The molecule has 3 aromatic rings. The normalized spacial score (nSPS) is 10.5. The summed E-state index contributed by atoms with van der Waals surface area (Å²) in [5.41, 5.74) is 3.31. The lowest BCUT2D eigenvalue weighted by Crippen LogP contribution is -2.30. The Morgan fingerprint density at radius 1 is 1.04 bits per heavy atom. The Bertz CT molecular complexity index is 952. The van der Waals surface area contributed by atoms with Crippen LogP contribution in [0.3, 0.4) is 0 Å². The van der Waals surface area contributed by atoms with E-state index in [1.807, 2.05) is 54.8 Å². The number of amides is 2. The molecule has 0 bridgehead atoms. The first-order valence-corrected chi connectivity index (χ1v) is 9.10. The molecule has 0 aliphatic heterocycles. The first kappa shape index (κ1) is 19.3. The van der Waals surface area contributed by atoms with E-state index in [2.05, 4.69) is 20.6 Å². The molecular weight excluding hydrogens is 354 g/mol. The van der Waals surface area contributed by atoms with Gasteiger partial charge < -0.3 is 15.2 Å². The zero-order valence-corrected chi connectivity index (χ0v) is 16.0. The summed E-state index contributed by atoms with van der Waals surface area (Å²) in [4.78, 5) is 32.8. The number of hydrogen-bond acceptors (Lipinski definition) is 4. The quantitative estimate of drug-likeness (QED) is 0.661. The van der Waals surface area contributed by atoms with Crippen molar-refractivity contribution in [2.24, 2.45) is 0 Å². The average molecular weight is 377 g/mol. The van der Waals surface area contributed by atoms with E-state index < -0.39 is 0 Å². The van der Waals surface area contributed by atoms with Gasteiger partial charge in [0.2, 0.25) is 5.91 Å². The highest BCUT2D eigenvalue weighted by Gasteiger charge is 2.17. The van der Waals surface area contributed by atoms with Crippen LogP contribution in [0.25, 0.3) is 5.82 Å². The van der Waals surface area contributed by atoms with E-state index in [0.717, 1.165) is 22.8 Å². The minimum absolute atomic E-state index is 0.115. The van der Waals surface area contributed by atoms with Crippen LogP contribution in [0, 0.1) is 13.8 Å². The fraction of sp³-hybridized carbons (Fsp3) is 0.238. The van der Waals surface area contributed by atoms with E-state index in [4.69, 9.17) is 0 Å². The lowest BCUT2D eigenvalue weighted by molar-refractivity contribution is -0.121. The van der Waals surface area contributed by atoms with Crippen LogP contribution >= 0.6 is 0 Å². The van der Waals surface area contributed by atoms with Crippen molar-refractivity contribution in [2.75, 3.05) is 6.54 Å². The molecule has 0 aliphatic rings. The molecular formula is C21H23N5O2. The zero-order valence-electron chi connectivity index (χ0n) is 16.0. The van der Waals surface area contributed by atoms with Crippen molar-refractivity contribution >= 4 is 11.8 Å². The standard InChI is InChI=1S/C21H23N5O2/c1-15-13-18(16(2)26(15)19-5-3-4-9-23-19)21(28)24-12-8-20(27)25-14-17-6-10-22-11-7-17/h3-7,9-11,13H,8,12,14H2,1-2H3,(H,24,28)(H,25,27). The third-order valence-corrected chi connectivity index (χ3v) is 4.43. The Kier molecular flexibility index (Phi) is 6.16. The van der Waals surface area contributed by atoms with Crippen LogP contribution in [0.15, 0.2) is 55.0 Å². The van der Waals surface area contributed by atoms with Crippen molar-refractivity contribution in [3.63, 3.8) is 0 Å². The second kappa shape index (κ2) is 8.94. The molecule has 2 amide bonds. The second-order valence-corrected chi connectivity index (χ2v) is 6.45. The van der Waals surface area contributed by atoms with Gasteiger partial charge in [0, 0.05) is 49.5 Å². The molecule has 0 aromatic carbocycles. The van der Waals surface area contributed by atoms with Crippen molar-refractivity contribution in [3.05, 3.63) is 77.5 Å². The minimum Gasteiger partial charge on any atom is -0.352 e. The van der Waals surface area contributed by atoms with Crippen molar-refractivity contribution in [3.8, 4) is 5.82 Å². The number of nitrogens with zero attached hydrogens (tertiary/aromatic N) is 3. The zero-order chi connectivity index (χ0) is 19.9. The van der Waals surface area contributed by atoms with E-state index in [0.29, 0.717) is 12.1 Å². The third-order valence-electron chi connectivity index (χ3n) is 4.43. The largest absolute Gasteiger partial charge is 0.352 e. The number of aromatic nitrogens is 3. The summed E-state index contributed by atoms with van der Waals surface area (Å²) in [5, 5.41) is 5.65. The monoisotopic (exact) mass is 377 g/mol. The van der Waals surface area contributed by atoms with Gasteiger partial charge in [-0.1, -0.05) is 6.07 Å². The lowest BCUT2D eigenvalue weighted by Gasteiger charge is -2.09. The molecule has 2 N–H and O–H groups in total. The summed E-state index contributed by atoms with van der Waals surface area (Å²) in [6.07, 6.45) is 5.31. The highest BCUT2D eigenvalue weighted by molar-refractivity contribution is 5.96. The van der Waals surface area contributed by atoms with Gasteiger partial charge in [-0.25, -0.2) is 4.98 Å². The number of rotatable bonds is 7. The van der Waals surface area contributed by atoms with Crippen LogP contribution in [0.5, 0.6) is 0 Å². The Balaban J connectivity index is 1.53. The van der Waals surface area contributed by atoms with Crippen LogP contribution in [0.2, 0.25) is 0 Å². The fourth-order valence-corrected chi connectivity index (χ4v) is 3.01. The van der Waals surface area contributed by atoms with Gasteiger partial charge in [0.15, 0.2) is 0 Å². The van der Waals surface area contributed by atoms with Crippen LogP contribution < -0.4 is 10.6 Å². The lowest BCUT2D eigenvalue weighted by atomic mass is 10.2. The van der Waals surface area contributed by atoms with E-state index in [-0.39, 0.29) is 24.8 Å². The molecule has 0 saturated heterocycles. The van der Waals surface area contributed by atoms with Gasteiger partial charge in [0.1, 0.15) is 5.82 Å². The summed E-state index contributed by atoms with van der Waals surface area (Å²) < 4.78 is 1.94. The molecule has 0 atom stereocenters. The van der Waals surface area contributed by atoms with E-state index >= 15 is 0 Å². The fourth-order valence-electron chi connectivity index (χ4n) is 3.01. The maximum Gasteiger partial charge on any atom is 0.253 e. The third kappa shape index (κ3) is 4.62. The Morgan fingerprint density at radius 3 is 2.54 bits per heavy atom. The molecule has 144 valence electrons. The van der Waals surface area contributed by atoms with Gasteiger partial charge in [-0.05, 0) is 49.7 Å². The van der Waals surface area contributed by atoms with Gasteiger partial charge in [0.05, 0.1) is 5.56 Å². The van der Waals surface area contributed by atoms with Crippen LogP contribution in [-0.4, -0.2) is 32.9 Å². The number of pyridine rings is 2. The summed E-state index contributed by atoms with van der Waals surface area (Å²) in [5.74, 6) is 0.459. The molecule has 0 unspecified atom stereocenters. The molecule has 3 aromatic heterocycles. The molecule has 0 fully saturated rings. The van der Waals surface area contributed by atoms with Gasteiger partial charge in [0.25, 0.3) is 5.91 Å². The molecule has 0 radical (unpaired) electrons. The SMILES string of the molecule is Cc1cc(C(=O)NCCC(=O)NCc2ccncc2)c(C)n1-c1ccccn1.